The molecule has 0 amide bonds. The normalized spacial score (nSPS) is 16.2. The molecule has 0 N–H and O–H groups in total. The van der Waals surface area contributed by atoms with Crippen molar-refractivity contribution in [3.05, 3.63) is 76.4 Å². The second-order valence-corrected chi connectivity index (χ2v) is 4.89. The molecule has 0 fully saturated rings. The first kappa shape index (κ1) is 13.2. The molecule has 1 aliphatic carbocycles. The zero-order valence-corrected chi connectivity index (χ0v) is 10.3. The van der Waals surface area contributed by atoms with Gasteiger partial charge in [0.15, 0.2) is 0 Å². The Labute approximate surface area is 121 Å². The molecule has 0 bridgehead atoms. The van der Waals surface area contributed by atoms with Gasteiger partial charge in [0.1, 0.15) is 0 Å². The molecule has 0 aromatic heterocycles. The third-order valence-corrected chi connectivity index (χ3v) is 3.40. The maximum atomic E-state index is 2.30. The molecule has 86 valence electrons. The monoisotopic (exact) mass is 228 g/mol. The van der Waals surface area contributed by atoms with Crippen molar-refractivity contribution < 1.29 is 0 Å². The first-order chi connectivity index (χ1) is 8.24. The van der Waals surface area contributed by atoms with E-state index in [1.165, 1.54) is 27.8 Å². The van der Waals surface area contributed by atoms with E-state index in [-0.39, 0.29) is 18.9 Å². The third kappa shape index (κ3) is 2.32. The van der Waals surface area contributed by atoms with Crippen molar-refractivity contribution in [1.29, 1.82) is 0 Å². The van der Waals surface area contributed by atoms with Gasteiger partial charge in [0, 0.05) is 5.92 Å². The fourth-order valence-corrected chi connectivity index (χ4v) is 2.73. The molecular formula is C17H17Li. The Morgan fingerprint density at radius 3 is 2.28 bits per heavy atom. The van der Waals surface area contributed by atoms with Gasteiger partial charge < -0.3 is 0 Å². The summed E-state index contributed by atoms with van der Waals surface area (Å²) in [5, 5.41) is 0. The number of hydrogen-bond donors (Lipinski definition) is 0. The molecule has 1 atom stereocenters. The fourth-order valence-electron chi connectivity index (χ4n) is 2.73. The Morgan fingerprint density at radius 1 is 0.889 bits per heavy atom. The van der Waals surface area contributed by atoms with Crippen LogP contribution < -0.4 is 0 Å². The van der Waals surface area contributed by atoms with Gasteiger partial charge in [0.25, 0.3) is 0 Å². The first-order valence-corrected chi connectivity index (χ1v) is 6.09. The Bertz CT molecular complexity index is 576. The van der Waals surface area contributed by atoms with Gasteiger partial charge in [-0.05, 0) is 30.5 Å². The van der Waals surface area contributed by atoms with E-state index >= 15 is 0 Å². The Hall–Kier alpha value is -1.22. The van der Waals surface area contributed by atoms with E-state index in [0.29, 0.717) is 5.92 Å². The van der Waals surface area contributed by atoms with Crippen LogP contribution in [0.5, 0.6) is 0 Å². The van der Waals surface area contributed by atoms with Crippen molar-refractivity contribution >= 4 is 24.9 Å². The van der Waals surface area contributed by atoms with Crippen LogP contribution in [-0.4, -0.2) is 18.9 Å². The number of hydrogen-bond acceptors (Lipinski definition) is 0. The number of benzene rings is 2. The number of aryl methyl sites for hydroxylation is 2. The maximum absolute atomic E-state index is 2.30. The zero-order valence-electron chi connectivity index (χ0n) is 10.3. The van der Waals surface area contributed by atoms with Crippen molar-refractivity contribution in [3.8, 4) is 0 Å². The molecule has 0 heterocycles. The van der Waals surface area contributed by atoms with Crippen LogP contribution in [0.1, 0.15) is 33.7 Å². The zero-order chi connectivity index (χ0) is 11.8. The van der Waals surface area contributed by atoms with Crippen LogP contribution in [0.3, 0.4) is 0 Å². The molecule has 0 radical (unpaired) electrons. The molecule has 0 saturated heterocycles. The summed E-state index contributed by atoms with van der Waals surface area (Å²) in [5.74, 6) is 0.435. The predicted octanol–water partition coefficient (Wildman–Crippen LogP) is 3.81. The van der Waals surface area contributed by atoms with Crippen LogP contribution in [0.15, 0.2) is 48.5 Å². The molecule has 1 heteroatoms. The molecule has 1 aliphatic rings. The second-order valence-electron chi connectivity index (χ2n) is 4.89. The van der Waals surface area contributed by atoms with E-state index in [0.717, 1.165) is 0 Å². The van der Waals surface area contributed by atoms with Crippen LogP contribution >= 0.6 is 0 Å². The number of allylic oxidation sites excluding steroid dienone is 1. The van der Waals surface area contributed by atoms with Crippen molar-refractivity contribution in [2.75, 3.05) is 0 Å². The SMILES string of the molecule is Cc1cc(C)cc(C2C=Cc3ccccc32)c1.[LiH]. The first-order valence-electron chi connectivity index (χ1n) is 6.09. The van der Waals surface area contributed by atoms with Crippen LogP contribution in [0.25, 0.3) is 6.08 Å². The van der Waals surface area contributed by atoms with Crippen molar-refractivity contribution in [1.82, 2.24) is 0 Å². The van der Waals surface area contributed by atoms with Crippen molar-refractivity contribution in [2.24, 2.45) is 0 Å². The Balaban J connectivity index is 0.00000120. The van der Waals surface area contributed by atoms with E-state index in [9.17, 15) is 0 Å². The van der Waals surface area contributed by atoms with Gasteiger partial charge in [0.2, 0.25) is 0 Å². The van der Waals surface area contributed by atoms with Crippen LogP contribution in [-0.2, 0) is 0 Å². The Kier molecular flexibility index (Phi) is 3.81. The summed E-state index contributed by atoms with van der Waals surface area (Å²) in [6.07, 6.45) is 4.54. The molecule has 2 aromatic carbocycles. The van der Waals surface area contributed by atoms with Gasteiger partial charge in [-0.25, -0.2) is 0 Å². The summed E-state index contributed by atoms with van der Waals surface area (Å²) in [6.45, 7) is 4.34. The molecule has 0 saturated carbocycles. The van der Waals surface area contributed by atoms with Crippen molar-refractivity contribution in [3.63, 3.8) is 0 Å². The standard InChI is InChI=1S/C17H16.Li.H/c1-12-9-13(2)11-15(10-12)17-8-7-14-5-3-4-6-16(14)17;;/h3-11,17H,1-2H3;;. The molecule has 0 spiro atoms. The van der Waals surface area contributed by atoms with Gasteiger partial charge in [-0.15, -0.1) is 0 Å². The number of fused-ring (bicyclic) bond motifs is 1. The fraction of sp³-hybridized carbons (Fsp3) is 0.176. The van der Waals surface area contributed by atoms with Gasteiger partial charge in [-0.3, -0.25) is 0 Å². The van der Waals surface area contributed by atoms with E-state index in [4.69, 9.17) is 0 Å². The summed E-state index contributed by atoms with van der Waals surface area (Å²) < 4.78 is 0. The van der Waals surface area contributed by atoms with E-state index in [1.54, 1.807) is 0 Å². The van der Waals surface area contributed by atoms with Gasteiger partial charge >= 0.3 is 18.9 Å². The molecular weight excluding hydrogens is 211 g/mol. The quantitative estimate of drug-likeness (QED) is 0.651. The summed E-state index contributed by atoms with van der Waals surface area (Å²) in [5.41, 5.74) is 6.88. The summed E-state index contributed by atoms with van der Waals surface area (Å²) in [7, 11) is 0. The number of rotatable bonds is 1. The minimum atomic E-state index is 0. The van der Waals surface area contributed by atoms with Gasteiger partial charge in [0.05, 0.1) is 0 Å². The van der Waals surface area contributed by atoms with Crippen molar-refractivity contribution in [2.45, 2.75) is 19.8 Å². The van der Waals surface area contributed by atoms with E-state index < -0.39 is 0 Å². The molecule has 0 nitrogen and oxygen atoms in total. The topological polar surface area (TPSA) is 0 Å². The molecule has 0 aliphatic heterocycles. The average molecular weight is 228 g/mol. The molecule has 3 rings (SSSR count). The summed E-state index contributed by atoms with van der Waals surface area (Å²) >= 11 is 0. The Morgan fingerprint density at radius 2 is 1.56 bits per heavy atom. The summed E-state index contributed by atoms with van der Waals surface area (Å²) in [4.78, 5) is 0. The van der Waals surface area contributed by atoms with Gasteiger partial charge in [-0.2, -0.15) is 0 Å². The van der Waals surface area contributed by atoms with E-state index in [1.807, 2.05) is 0 Å². The van der Waals surface area contributed by atoms with E-state index in [2.05, 4.69) is 68.5 Å². The van der Waals surface area contributed by atoms with Crippen LogP contribution in [0.2, 0.25) is 0 Å². The second kappa shape index (κ2) is 5.19. The van der Waals surface area contributed by atoms with Gasteiger partial charge in [-0.1, -0.05) is 65.7 Å². The molecule has 1 unspecified atom stereocenters. The average Bonchev–Trinajstić information content (AvgIpc) is 2.71. The molecule has 2 aromatic rings. The third-order valence-electron chi connectivity index (χ3n) is 3.40. The molecule has 18 heavy (non-hydrogen) atoms. The predicted molar refractivity (Wildman–Crippen MR) is 80.4 cm³/mol. The summed E-state index contributed by atoms with van der Waals surface area (Å²) in [6, 6.07) is 15.5. The van der Waals surface area contributed by atoms with Crippen LogP contribution in [0.4, 0.5) is 0 Å². The van der Waals surface area contributed by atoms with Crippen LogP contribution in [0, 0.1) is 13.8 Å². The minimum absolute atomic E-state index is 0.